The SMILES string of the molecule is NCNC(=O)c1cc(C(=O)c2ccc(C(=O)O)c(C(=O)NCN3C(=O)c4ccc(C(=O)c5ccc6c(c5)C(=O)N(CN)C6=O)cc4C3=O)c2)ccc1C(=O)O. The molecule has 0 saturated heterocycles. The van der Waals surface area contributed by atoms with Crippen LogP contribution in [-0.2, 0) is 0 Å². The van der Waals surface area contributed by atoms with Gasteiger partial charge in [-0.3, -0.25) is 48.2 Å². The quantitative estimate of drug-likeness (QED) is 0.0661. The molecule has 2 heterocycles. The maximum Gasteiger partial charge on any atom is 0.336 e. The van der Waals surface area contributed by atoms with Crippen molar-refractivity contribution < 1.29 is 58.2 Å². The lowest BCUT2D eigenvalue weighted by Gasteiger charge is -2.16. The number of carboxylic acid groups (broad SMARTS) is 2. The zero-order chi connectivity index (χ0) is 39.9. The smallest absolute Gasteiger partial charge is 0.336 e. The van der Waals surface area contributed by atoms with Gasteiger partial charge >= 0.3 is 11.9 Å². The molecule has 0 unspecified atom stereocenters. The van der Waals surface area contributed by atoms with Gasteiger partial charge in [-0.05, 0) is 48.5 Å². The van der Waals surface area contributed by atoms with Gasteiger partial charge in [-0.1, -0.05) is 24.3 Å². The standard InChI is InChI=1S/C37H26N6O12/c38-13-40-30(46)24-9-16(3-7-22(24)36(52)53)28(44)17-4-8-23(37(54)55)25(10-17)31(47)41-15-43-33(49)21-6-2-19(12-27(21)35(43)51)29(45)18-1-5-20-26(11-18)34(50)42(14-39)32(20)48/h1-12H,13-15,38-39H2,(H,40,46)(H,41,47)(H,52,53)(H,54,55). The van der Waals surface area contributed by atoms with Gasteiger partial charge in [0.15, 0.2) is 11.6 Å². The predicted molar refractivity (Wildman–Crippen MR) is 185 cm³/mol. The normalized spacial score (nSPS) is 13.1. The molecule has 0 fully saturated rings. The first-order valence-electron chi connectivity index (χ1n) is 16.0. The Hall–Kier alpha value is -7.70. The van der Waals surface area contributed by atoms with Gasteiger partial charge in [-0.25, -0.2) is 9.59 Å². The maximum atomic E-state index is 13.4. The highest BCUT2D eigenvalue weighted by Gasteiger charge is 2.38. The van der Waals surface area contributed by atoms with E-state index in [0.29, 0.717) is 4.90 Å². The van der Waals surface area contributed by atoms with Crippen LogP contribution in [0.3, 0.4) is 0 Å². The number of hydrogen-bond donors (Lipinski definition) is 6. The Balaban J connectivity index is 1.21. The molecule has 0 radical (unpaired) electrons. The molecule has 2 aliphatic rings. The molecule has 4 aromatic carbocycles. The number of aromatic carboxylic acids is 2. The minimum absolute atomic E-state index is 0.0179. The van der Waals surface area contributed by atoms with Crippen molar-refractivity contribution in [3.63, 3.8) is 0 Å². The van der Waals surface area contributed by atoms with Crippen molar-refractivity contribution in [2.45, 2.75) is 0 Å². The van der Waals surface area contributed by atoms with Gasteiger partial charge in [-0.2, -0.15) is 0 Å². The van der Waals surface area contributed by atoms with Crippen LogP contribution in [0.25, 0.3) is 0 Å². The summed E-state index contributed by atoms with van der Waals surface area (Å²) in [6.07, 6.45) is 0. The molecule has 6 rings (SSSR count). The summed E-state index contributed by atoms with van der Waals surface area (Å²) < 4.78 is 0. The van der Waals surface area contributed by atoms with Crippen LogP contribution in [0.2, 0.25) is 0 Å². The fourth-order valence-corrected chi connectivity index (χ4v) is 6.06. The number of rotatable bonds is 12. The molecule has 0 aliphatic carbocycles. The molecule has 0 atom stereocenters. The van der Waals surface area contributed by atoms with E-state index in [1.165, 1.54) is 30.3 Å². The van der Waals surface area contributed by atoms with Crippen molar-refractivity contribution in [1.82, 2.24) is 20.4 Å². The van der Waals surface area contributed by atoms with Crippen LogP contribution >= 0.6 is 0 Å². The number of benzene rings is 4. The van der Waals surface area contributed by atoms with Crippen LogP contribution in [0.5, 0.6) is 0 Å². The van der Waals surface area contributed by atoms with Crippen molar-refractivity contribution in [2.75, 3.05) is 20.0 Å². The number of fused-ring (bicyclic) bond motifs is 2. The van der Waals surface area contributed by atoms with E-state index < -0.39 is 82.3 Å². The minimum atomic E-state index is -1.55. The van der Waals surface area contributed by atoms with Crippen LogP contribution in [0, 0.1) is 0 Å². The van der Waals surface area contributed by atoms with Crippen LogP contribution in [0.15, 0.2) is 72.8 Å². The monoisotopic (exact) mass is 746 g/mol. The Bertz CT molecular complexity index is 2470. The fraction of sp³-hybridized carbons (Fsp3) is 0.0811. The van der Waals surface area contributed by atoms with Crippen molar-refractivity contribution in [2.24, 2.45) is 11.5 Å². The van der Waals surface area contributed by atoms with Gasteiger partial charge in [0.1, 0.15) is 6.67 Å². The van der Waals surface area contributed by atoms with Gasteiger partial charge in [0.05, 0.1) is 57.8 Å². The summed E-state index contributed by atoms with van der Waals surface area (Å²) in [5, 5.41) is 23.8. The van der Waals surface area contributed by atoms with Crippen molar-refractivity contribution in [3.8, 4) is 0 Å². The molecule has 6 amide bonds. The van der Waals surface area contributed by atoms with Crippen molar-refractivity contribution >= 4 is 58.9 Å². The van der Waals surface area contributed by atoms with E-state index in [4.69, 9.17) is 11.5 Å². The first kappa shape index (κ1) is 37.1. The van der Waals surface area contributed by atoms with Gasteiger partial charge in [-0.15, -0.1) is 0 Å². The number of carboxylic acids is 2. The van der Waals surface area contributed by atoms with E-state index in [1.54, 1.807) is 0 Å². The van der Waals surface area contributed by atoms with E-state index in [0.717, 1.165) is 47.4 Å². The third kappa shape index (κ3) is 6.49. The Kier molecular flexibility index (Phi) is 9.69. The van der Waals surface area contributed by atoms with E-state index in [1.807, 2.05) is 0 Å². The summed E-state index contributed by atoms with van der Waals surface area (Å²) in [6.45, 7) is -1.43. The molecule has 18 heteroatoms. The van der Waals surface area contributed by atoms with Gasteiger partial charge in [0.25, 0.3) is 35.4 Å². The number of carbonyl (C=O) groups is 10. The zero-order valence-corrected chi connectivity index (χ0v) is 28.1. The minimum Gasteiger partial charge on any atom is -0.478 e. The number of hydrogen-bond acceptors (Lipinski definition) is 12. The van der Waals surface area contributed by atoms with Crippen LogP contribution in [0.1, 0.15) is 115 Å². The molecule has 2 aliphatic heterocycles. The van der Waals surface area contributed by atoms with E-state index in [9.17, 15) is 58.2 Å². The largest absolute Gasteiger partial charge is 0.478 e. The molecule has 4 aromatic rings. The third-order valence-electron chi connectivity index (χ3n) is 8.82. The number of carbonyl (C=O) groups excluding carboxylic acids is 8. The first-order chi connectivity index (χ1) is 26.2. The molecule has 8 N–H and O–H groups in total. The van der Waals surface area contributed by atoms with Crippen LogP contribution in [-0.4, -0.2) is 99.0 Å². The molecule has 276 valence electrons. The van der Waals surface area contributed by atoms with Gasteiger partial charge in [0, 0.05) is 22.3 Å². The molecule has 0 aromatic heterocycles. The van der Waals surface area contributed by atoms with Gasteiger partial charge < -0.3 is 32.3 Å². The average molecular weight is 747 g/mol. The Morgan fingerprint density at radius 1 is 0.491 bits per heavy atom. The number of nitrogens with zero attached hydrogens (tertiary/aromatic N) is 2. The van der Waals surface area contributed by atoms with E-state index in [2.05, 4.69) is 10.6 Å². The molecule has 0 bridgehead atoms. The Morgan fingerprint density at radius 2 is 0.873 bits per heavy atom. The first-order valence-corrected chi connectivity index (χ1v) is 16.0. The Labute approximate surface area is 308 Å². The second-order valence-electron chi connectivity index (χ2n) is 11.9. The molecular weight excluding hydrogens is 720 g/mol. The van der Waals surface area contributed by atoms with E-state index >= 15 is 0 Å². The van der Waals surface area contributed by atoms with Crippen LogP contribution < -0.4 is 22.1 Å². The molecular formula is C37H26N6O12. The fourth-order valence-electron chi connectivity index (χ4n) is 6.06. The van der Waals surface area contributed by atoms with Crippen molar-refractivity contribution in [3.05, 3.63) is 140 Å². The third-order valence-corrected chi connectivity index (χ3v) is 8.82. The number of nitrogens with one attached hydrogen (secondary N) is 2. The number of imide groups is 2. The summed E-state index contributed by atoms with van der Waals surface area (Å²) >= 11 is 0. The molecule has 18 nitrogen and oxygen atoms in total. The Morgan fingerprint density at radius 3 is 1.31 bits per heavy atom. The zero-order valence-electron chi connectivity index (χ0n) is 28.1. The summed E-state index contributed by atoms with van der Waals surface area (Å²) in [4.78, 5) is 129. The number of ketones is 2. The summed E-state index contributed by atoms with van der Waals surface area (Å²) in [6, 6.07) is 13.7. The lowest BCUT2D eigenvalue weighted by molar-refractivity contribution is 0.0621. The topological polar surface area (TPSA) is 294 Å². The summed E-state index contributed by atoms with van der Waals surface area (Å²) in [5.41, 5.74) is 8.30. The number of nitrogens with two attached hydrogens (primary N) is 2. The predicted octanol–water partition coefficient (Wildman–Crippen LogP) is 0.687. The average Bonchev–Trinajstić information content (AvgIpc) is 3.57. The summed E-state index contributed by atoms with van der Waals surface area (Å²) in [5.74, 6) is -9.44. The highest BCUT2D eigenvalue weighted by Crippen LogP contribution is 2.28. The molecule has 0 saturated carbocycles. The maximum absolute atomic E-state index is 13.4. The van der Waals surface area contributed by atoms with E-state index in [-0.39, 0.29) is 63.4 Å². The molecule has 0 spiro atoms. The second-order valence-corrected chi connectivity index (χ2v) is 11.9. The van der Waals surface area contributed by atoms with Crippen molar-refractivity contribution in [1.29, 1.82) is 0 Å². The highest BCUT2D eigenvalue weighted by molar-refractivity contribution is 6.24. The number of amides is 6. The second kappa shape index (κ2) is 14.4. The summed E-state index contributed by atoms with van der Waals surface area (Å²) in [7, 11) is 0. The lowest BCUT2D eigenvalue weighted by Crippen LogP contribution is -2.41. The van der Waals surface area contributed by atoms with Gasteiger partial charge in [0.2, 0.25) is 0 Å². The lowest BCUT2D eigenvalue weighted by atomic mass is 9.95. The van der Waals surface area contributed by atoms with Crippen LogP contribution in [0.4, 0.5) is 0 Å². The highest BCUT2D eigenvalue weighted by atomic mass is 16.4. The molecule has 55 heavy (non-hydrogen) atoms.